The average Bonchev–Trinajstić information content (AvgIpc) is 2.69. The summed E-state index contributed by atoms with van der Waals surface area (Å²) in [7, 11) is 0. The second-order valence-corrected chi connectivity index (χ2v) is 7.73. The molecule has 4 rings (SSSR count). The first-order valence-electron chi connectivity index (χ1n) is 9.97. The van der Waals surface area contributed by atoms with Crippen molar-refractivity contribution >= 4 is 22.3 Å². The molecule has 0 radical (unpaired) electrons. The number of halogens is 2. The maximum Gasteiger partial charge on any atom is 0.149 e. The van der Waals surface area contributed by atoms with Gasteiger partial charge in [-0.3, -0.25) is 0 Å². The van der Waals surface area contributed by atoms with E-state index in [1.165, 1.54) is 12.1 Å². The summed E-state index contributed by atoms with van der Waals surface area (Å²) < 4.78 is 28.3. The number of benzene rings is 2. The number of piperidine rings is 1. The van der Waals surface area contributed by atoms with E-state index in [4.69, 9.17) is 0 Å². The quantitative estimate of drug-likeness (QED) is 0.654. The average molecular weight is 397 g/mol. The molecule has 4 nitrogen and oxygen atoms in total. The standard InChI is InChI=1S/C23H25F2N3O/c1-14-12-21(18-4-3-5-20(25)23(18)26-14)27-15(2)19-13-16(24)6-7-22(19)28-10-8-17(29)9-11-28/h3-7,12-13,15,17,29H,8-11H2,1-2H3,(H,26,27). The summed E-state index contributed by atoms with van der Waals surface area (Å²) >= 11 is 0. The fraction of sp³-hybridized carbons (Fsp3) is 0.348. The van der Waals surface area contributed by atoms with Gasteiger partial charge in [-0.05, 0) is 57.0 Å². The van der Waals surface area contributed by atoms with Crippen LogP contribution in [0.3, 0.4) is 0 Å². The van der Waals surface area contributed by atoms with Crippen LogP contribution in [0.1, 0.15) is 37.1 Å². The summed E-state index contributed by atoms with van der Waals surface area (Å²) in [6, 6.07) is 11.4. The van der Waals surface area contributed by atoms with Crippen molar-refractivity contribution in [2.45, 2.75) is 38.8 Å². The Morgan fingerprint density at radius 3 is 2.66 bits per heavy atom. The van der Waals surface area contributed by atoms with Crippen molar-refractivity contribution < 1.29 is 13.9 Å². The van der Waals surface area contributed by atoms with Gasteiger partial charge in [0.25, 0.3) is 0 Å². The number of aryl methyl sites for hydroxylation is 1. The van der Waals surface area contributed by atoms with Gasteiger partial charge in [0.2, 0.25) is 0 Å². The highest BCUT2D eigenvalue weighted by Gasteiger charge is 2.22. The zero-order chi connectivity index (χ0) is 20.5. The molecule has 1 aliphatic rings. The van der Waals surface area contributed by atoms with E-state index < -0.39 is 0 Å². The van der Waals surface area contributed by atoms with Gasteiger partial charge in [-0.1, -0.05) is 12.1 Å². The molecule has 1 atom stereocenters. The van der Waals surface area contributed by atoms with Gasteiger partial charge in [-0.25, -0.2) is 13.8 Å². The number of aliphatic hydroxyl groups excluding tert-OH is 1. The maximum absolute atomic E-state index is 14.2. The van der Waals surface area contributed by atoms with Crippen LogP contribution in [-0.2, 0) is 0 Å². The molecule has 0 aliphatic carbocycles. The van der Waals surface area contributed by atoms with Crippen molar-refractivity contribution in [3.8, 4) is 0 Å². The van der Waals surface area contributed by atoms with E-state index in [9.17, 15) is 13.9 Å². The van der Waals surface area contributed by atoms with E-state index in [1.54, 1.807) is 18.2 Å². The monoisotopic (exact) mass is 397 g/mol. The normalized spacial score (nSPS) is 16.2. The highest BCUT2D eigenvalue weighted by atomic mass is 19.1. The van der Waals surface area contributed by atoms with Crippen molar-refractivity contribution in [1.29, 1.82) is 0 Å². The molecular formula is C23H25F2N3O. The Bertz CT molecular complexity index is 1030. The Hall–Kier alpha value is -2.73. The molecular weight excluding hydrogens is 372 g/mol. The largest absolute Gasteiger partial charge is 0.393 e. The van der Waals surface area contributed by atoms with E-state index in [0.717, 1.165) is 30.0 Å². The number of rotatable bonds is 4. The van der Waals surface area contributed by atoms with Gasteiger partial charge in [-0.2, -0.15) is 0 Å². The van der Waals surface area contributed by atoms with Gasteiger partial charge in [0.05, 0.1) is 12.1 Å². The number of fused-ring (bicyclic) bond motifs is 1. The van der Waals surface area contributed by atoms with Crippen molar-refractivity contribution in [3.63, 3.8) is 0 Å². The lowest BCUT2D eigenvalue weighted by atomic mass is 10.0. The minimum absolute atomic E-state index is 0.208. The molecule has 152 valence electrons. The number of para-hydroxylation sites is 1. The SMILES string of the molecule is Cc1cc(NC(C)c2cc(F)ccc2N2CCC(O)CC2)c2cccc(F)c2n1. The van der Waals surface area contributed by atoms with Crippen LogP contribution in [0.2, 0.25) is 0 Å². The predicted octanol–water partition coefficient (Wildman–Crippen LogP) is 4.96. The topological polar surface area (TPSA) is 48.4 Å². The van der Waals surface area contributed by atoms with Gasteiger partial charge in [0.15, 0.2) is 0 Å². The van der Waals surface area contributed by atoms with Gasteiger partial charge in [-0.15, -0.1) is 0 Å². The Morgan fingerprint density at radius 1 is 1.14 bits per heavy atom. The summed E-state index contributed by atoms with van der Waals surface area (Å²) in [5.41, 5.74) is 3.59. The highest BCUT2D eigenvalue weighted by Crippen LogP contribution is 2.33. The molecule has 1 unspecified atom stereocenters. The molecule has 2 heterocycles. The fourth-order valence-electron chi connectivity index (χ4n) is 4.04. The summed E-state index contributed by atoms with van der Waals surface area (Å²) in [4.78, 5) is 6.51. The van der Waals surface area contributed by atoms with Crippen molar-refractivity contribution in [3.05, 3.63) is 65.4 Å². The van der Waals surface area contributed by atoms with Gasteiger partial charge in [0, 0.05) is 41.1 Å². The van der Waals surface area contributed by atoms with Gasteiger partial charge in [0.1, 0.15) is 17.2 Å². The van der Waals surface area contributed by atoms with Crippen LogP contribution in [0, 0.1) is 18.6 Å². The molecule has 6 heteroatoms. The third-order valence-corrected chi connectivity index (χ3v) is 5.55. The smallest absolute Gasteiger partial charge is 0.149 e. The number of aliphatic hydroxyl groups is 1. The second kappa shape index (κ2) is 7.95. The summed E-state index contributed by atoms with van der Waals surface area (Å²) in [6.45, 7) is 5.26. The van der Waals surface area contributed by atoms with Crippen LogP contribution in [-0.4, -0.2) is 29.3 Å². The van der Waals surface area contributed by atoms with Crippen LogP contribution in [0.25, 0.3) is 10.9 Å². The maximum atomic E-state index is 14.2. The Balaban J connectivity index is 1.69. The van der Waals surface area contributed by atoms with Crippen LogP contribution < -0.4 is 10.2 Å². The molecule has 29 heavy (non-hydrogen) atoms. The first-order valence-corrected chi connectivity index (χ1v) is 9.97. The molecule has 1 fully saturated rings. The molecule has 0 spiro atoms. The number of hydrogen-bond acceptors (Lipinski definition) is 4. The van der Waals surface area contributed by atoms with Crippen molar-refractivity contribution in [2.75, 3.05) is 23.3 Å². The van der Waals surface area contributed by atoms with Crippen molar-refractivity contribution in [1.82, 2.24) is 4.98 Å². The lowest BCUT2D eigenvalue weighted by Gasteiger charge is -2.34. The van der Waals surface area contributed by atoms with E-state index >= 15 is 0 Å². The number of nitrogens with one attached hydrogen (secondary N) is 1. The first kappa shape index (κ1) is 19.6. The van der Waals surface area contributed by atoms with Crippen LogP contribution >= 0.6 is 0 Å². The van der Waals surface area contributed by atoms with Crippen LogP contribution in [0.4, 0.5) is 20.2 Å². The summed E-state index contributed by atoms with van der Waals surface area (Å²) in [5, 5.41) is 13.9. The fourth-order valence-corrected chi connectivity index (χ4v) is 4.04. The van der Waals surface area contributed by atoms with Crippen molar-refractivity contribution in [2.24, 2.45) is 0 Å². The number of hydrogen-bond donors (Lipinski definition) is 2. The predicted molar refractivity (Wildman–Crippen MR) is 112 cm³/mol. The van der Waals surface area contributed by atoms with E-state index in [1.807, 2.05) is 26.0 Å². The molecule has 3 aromatic rings. The lowest BCUT2D eigenvalue weighted by molar-refractivity contribution is 0.145. The Labute approximate surface area is 169 Å². The number of anilines is 2. The third kappa shape index (κ3) is 4.03. The number of aromatic nitrogens is 1. The zero-order valence-electron chi connectivity index (χ0n) is 16.6. The molecule has 0 bridgehead atoms. The van der Waals surface area contributed by atoms with Crippen LogP contribution in [0.15, 0.2) is 42.5 Å². The molecule has 1 aromatic heterocycles. The molecule has 0 saturated carbocycles. The second-order valence-electron chi connectivity index (χ2n) is 7.73. The summed E-state index contributed by atoms with van der Waals surface area (Å²) in [6.07, 6.45) is 1.13. The minimum atomic E-state index is -0.361. The third-order valence-electron chi connectivity index (χ3n) is 5.55. The number of nitrogens with zero attached hydrogens (tertiary/aromatic N) is 2. The van der Waals surface area contributed by atoms with E-state index in [0.29, 0.717) is 29.4 Å². The highest BCUT2D eigenvalue weighted by molar-refractivity contribution is 5.92. The minimum Gasteiger partial charge on any atom is -0.393 e. The lowest BCUT2D eigenvalue weighted by Crippen LogP contribution is -2.36. The molecule has 2 aromatic carbocycles. The first-order chi connectivity index (χ1) is 13.9. The van der Waals surface area contributed by atoms with E-state index in [-0.39, 0.29) is 23.8 Å². The van der Waals surface area contributed by atoms with Gasteiger partial charge >= 0.3 is 0 Å². The number of pyridine rings is 1. The molecule has 0 amide bonds. The molecule has 2 N–H and O–H groups in total. The molecule has 1 saturated heterocycles. The van der Waals surface area contributed by atoms with Gasteiger partial charge < -0.3 is 15.3 Å². The summed E-state index contributed by atoms with van der Waals surface area (Å²) in [5.74, 6) is -0.656. The Kier molecular flexibility index (Phi) is 5.37. The van der Waals surface area contributed by atoms with E-state index in [2.05, 4.69) is 15.2 Å². The Morgan fingerprint density at radius 2 is 1.90 bits per heavy atom. The molecule has 1 aliphatic heterocycles. The van der Waals surface area contributed by atoms with Crippen LogP contribution in [0.5, 0.6) is 0 Å². The zero-order valence-corrected chi connectivity index (χ0v) is 16.6.